The SMILES string of the molecule is COc1ccc(NC(=O)c2ccc(Nc3ccccc3OC)cn2)cc1Cl. The predicted molar refractivity (Wildman–Crippen MR) is 106 cm³/mol. The van der Waals surface area contributed by atoms with E-state index in [1.54, 1.807) is 43.6 Å². The molecule has 138 valence electrons. The number of methoxy groups -OCH3 is 2. The van der Waals surface area contributed by atoms with Crippen LogP contribution in [0, 0.1) is 0 Å². The molecule has 0 aliphatic heterocycles. The first-order valence-corrected chi connectivity index (χ1v) is 8.49. The van der Waals surface area contributed by atoms with Crippen LogP contribution in [0.15, 0.2) is 60.8 Å². The van der Waals surface area contributed by atoms with Crippen LogP contribution in [-0.2, 0) is 0 Å². The van der Waals surface area contributed by atoms with E-state index < -0.39 is 0 Å². The van der Waals surface area contributed by atoms with Gasteiger partial charge in [-0.25, -0.2) is 4.98 Å². The van der Waals surface area contributed by atoms with Crippen LogP contribution < -0.4 is 20.1 Å². The minimum Gasteiger partial charge on any atom is -0.495 e. The summed E-state index contributed by atoms with van der Waals surface area (Å²) >= 11 is 6.07. The van der Waals surface area contributed by atoms with Gasteiger partial charge in [-0.05, 0) is 42.5 Å². The van der Waals surface area contributed by atoms with Crippen LogP contribution in [0.1, 0.15) is 10.5 Å². The number of hydrogen-bond acceptors (Lipinski definition) is 5. The highest BCUT2D eigenvalue weighted by Crippen LogP contribution is 2.28. The van der Waals surface area contributed by atoms with E-state index in [-0.39, 0.29) is 11.6 Å². The lowest BCUT2D eigenvalue weighted by molar-refractivity contribution is 0.102. The summed E-state index contributed by atoms with van der Waals surface area (Å²) in [4.78, 5) is 16.6. The Balaban J connectivity index is 1.69. The fourth-order valence-corrected chi connectivity index (χ4v) is 2.70. The summed E-state index contributed by atoms with van der Waals surface area (Å²) < 4.78 is 10.4. The van der Waals surface area contributed by atoms with Crippen LogP contribution in [-0.4, -0.2) is 25.1 Å². The number of nitrogens with zero attached hydrogens (tertiary/aromatic N) is 1. The van der Waals surface area contributed by atoms with Gasteiger partial charge in [-0.2, -0.15) is 0 Å². The normalized spacial score (nSPS) is 10.2. The molecule has 0 saturated carbocycles. The molecule has 0 radical (unpaired) electrons. The molecular formula is C20H18ClN3O3. The Labute approximate surface area is 162 Å². The number of pyridine rings is 1. The Hall–Kier alpha value is -3.25. The van der Waals surface area contributed by atoms with Crippen molar-refractivity contribution in [2.75, 3.05) is 24.9 Å². The van der Waals surface area contributed by atoms with Gasteiger partial charge in [0.25, 0.3) is 5.91 Å². The van der Waals surface area contributed by atoms with E-state index in [0.29, 0.717) is 16.5 Å². The molecule has 0 aliphatic carbocycles. The van der Waals surface area contributed by atoms with Gasteiger partial charge < -0.3 is 20.1 Å². The number of halogens is 1. The molecule has 0 aliphatic rings. The Kier molecular flexibility index (Phi) is 5.78. The average Bonchev–Trinajstić information content (AvgIpc) is 2.69. The van der Waals surface area contributed by atoms with Gasteiger partial charge in [-0.3, -0.25) is 4.79 Å². The molecule has 0 spiro atoms. The number of benzene rings is 2. The number of ether oxygens (including phenoxy) is 2. The molecule has 27 heavy (non-hydrogen) atoms. The first-order chi connectivity index (χ1) is 13.1. The maximum atomic E-state index is 12.4. The second-order valence-electron chi connectivity index (χ2n) is 5.56. The highest BCUT2D eigenvalue weighted by molar-refractivity contribution is 6.32. The molecule has 0 fully saturated rings. The van der Waals surface area contributed by atoms with Crippen molar-refractivity contribution in [2.45, 2.75) is 0 Å². The summed E-state index contributed by atoms with van der Waals surface area (Å²) in [6.07, 6.45) is 1.59. The zero-order chi connectivity index (χ0) is 19.2. The average molecular weight is 384 g/mol. The molecule has 1 aromatic heterocycles. The molecule has 0 unspecified atom stereocenters. The number of carbonyl (C=O) groups is 1. The van der Waals surface area contributed by atoms with E-state index in [9.17, 15) is 4.79 Å². The zero-order valence-corrected chi connectivity index (χ0v) is 15.6. The van der Waals surface area contributed by atoms with E-state index in [0.717, 1.165) is 17.1 Å². The van der Waals surface area contributed by atoms with E-state index >= 15 is 0 Å². The van der Waals surface area contributed by atoms with Crippen molar-refractivity contribution in [1.29, 1.82) is 0 Å². The van der Waals surface area contributed by atoms with Crippen LogP contribution in [0.2, 0.25) is 5.02 Å². The largest absolute Gasteiger partial charge is 0.495 e. The molecule has 7 heteroatoms. The summed E-state index contributed by atoms with van der Waals surface area (Å²) in [6.45, 7) is 0. The Bertz CT molecular complexity index is 945. The molecule has 0 bridgehead atoms. The predicted octanol–water partition coefficient (Wildman–Crippen LogP) is 4.75. The van der Waals surface area contributed by atoms with Crippen molar-refractivity contribution < 1.29 is 14.3 Å². The lowest BCUT2D eigenvalue weighted by atomic mass is 10.2. The number of carbonyl (C=O) groups excluding carboxylic acids is 1. The van der Waals surface area contributed by atoms with Gasteiger partial charge in [-0.1, -0.05) is 23.7 Å². The molecule has 6 nitrogen and oxygen atoms in total. The highest BCUT2D eigenvalue weighted by Gasteiger charge is 2.10. The van der Waals surface area contributed by atoms with Crippen molar-refractivity contribution in [1.82, 2.24) is 4.98 Å². The molecule has 1 amide bonds. The summed E-state index contributed by atoms with van der Waals surface area (Å²) in [6, 6.07) is 16.0. The Morgan fingerprint density at radius 3 is 2.37 bits per heavy atom. The number of amides is 1. The number of aromatic nitrogens is 1. The van der Waals surface area contributed by atoms with Crippen molar-refractivity contribution in [3.05, 3.63) is 71.5 Å². The van der Waals surface area contributed by atoms with E-state index in [1.807, 2.05) is 24.3 Å². The van der Waals surface area contributed by atoms with Gasteiger partial charge in [0.15, 0.2) is 0 Å². The number of nitrogens with one attached hydrogen (secondary N) is 2. The fraction of sp³-hybridized carbons (Fsp3) is 0.100. The quantitative estimate of drug-likeness (QED) is 0.642. The van der Waals surface area contributed by atoms with Crippen molar-refractivity contribution in [2.24, 2.45) is 0 Å². The second kappa shape index (κ2) is 8.42. The van der Waals surface area contributed by atoms with Crippen molar-refractivity contribution in [3.63, 3.8) is 0 Å². The van der Waals surface area contributed by atoms with Gasteiger partial charge in [0.2, 0.25) is 0 Å². The third-order valence-electron chi connectivity index (χ3n) is 3.79. The first-order valence-electron chi connectivity index (χ1n) is 8.11. The monoisotopic (exact) mass is 383 g/mol. The van der Waals surface area contributed by atoms with Gasteiger partial charge in [-0.15, -0.1) is 0 Å². The summed E-state index contributed by atoms with van der Waals surface area (Å²) in [5, 5.41) is 6.38. The minimum absolute atomic E-state index is 0.285. The third-order valence-corrected chi connectivity index (χ3v) is 4.09. The summed E-state index contributed by atoms with van der Waals surface area (Å²) in [5.74, 6) is 0.926. The van der Waals surface area contributed by atoms with Crippen LogP contribution in [0.25, 0.3) is 0 Å². The maximum Gasteiger partial charge on any atom is 0.274 e. The number of anilines is 3. The second-order valence-corrected chi connectivity index (χ2v) is 5.97. The molecule has 2 N–H and O–H groups in total. The smallest absolute Gasteiger partial charge is 0.274 e. The lowest BCUT2D eigenvalue weighted by Gasteiger charge is -2.11. The van der Waals surface area contributed by atoms with Gasteiger partial charge in [0, 0.05) is 5.69 Å². The number of rotatable bonds is 6. The summed E-state index contributed by atoms with van der Waals surface area (Å²) in [7, 11) is 3.14. The molecule has 1 heterocycles. The molecule has 0 atom stereocenters. The molecule has 0 saturated heterocycles. The first kappa shape index (κ1) is 18.5. The Morgan fingerprint density at radius 1 is 0.963 bits per heavy atom. The van der Waals surface area contributed by atoms with E-state index in [2.05, 4.69) is 15.6 Å². The highest BCUT2D eigenvalue weighted by atomic mass is 35.5. The van der Waals surface area contributed by atoms with E-state index in [1.165, 1.54) is 7.11 Å². The van der Waals surface area contributed by atoms with Gasteiger partial charge in [0.05, 0.1) is 36.8 Å². The molecule has 3 rings (SSSR count). The molecule has 2 aromatic carbocycles. The van der Waals surface area contributed by atoms with Crippen LogP contribution >= 0.6 is 11.6 Å². The standard InChI is InChI=1S/C20H18ClN3O3/c1-26-18-10-8-13(11-15(18)21)24-20(25)17-9-7-14(12-22-17)23-16-5-3-4-6-19(16)27-2/h3-12,23H,1-2H3,(H,24,25). The zero-order valence-electron chi connectivity index (χ0n) is 14.8. The third kappa shape index (κ3) is 4.48. The number of para-hydroxylation sites is 2. The fourth-order valence-electron chi connectivity index (χ4n) is 2.44. The van der Waals surface area contributed by atoms with Crippen molar-refractivity contribution >= 4 is 34.6 Å². The van der Waals surface area contributed by atoms with E-state index in [4.69, 9.17) is 21.1 Å². The topological polar surface area (TPSA) is 72.5 Å². The van der Waals surface area contributed by atoms with Gasteiger partial charge >= 0.3 is 0 Å². The van der Waals surface area contributed by atoms with Crippen LogP contribution in [0.4, 0.5) is 17.1 Å². The van der Waals surface area contributed by atoms with Gasteiger partial charge in [0.1, 0.15) is 17.2 Å². The van der Waals surface area contributed by atoms with Crippen LogP contribution in [0.3, 0.4) is 0 Å². The maximum absolute atomic E-state index is 12.4. The summed E-state index contributed by atoms with van der Waals surface area (Å²) in [5.41, 5.74) is 2.40. The van der Waals surface area contributed by atoms with Crippen LogP contribution in [0.5, 0.6) is 11.5 Å². The lowest BCUT2D eigenvalue weighted by Crippen LogP contribution is -2.13. The minimum atomic E-state index is -0.333. The van der Waals surface area contributed by atoms with Crippen molar-refractivity contribution in [3.8, 4) is 11.5 Å². The Morgan fingerprint density at radius 2 is 1.70 bits per heavy atom. The molecule has 3 aromatic rings. The number of hydrogen-bond donors (Lipinski definition) is 2. The molecular weight excluding hydrogens is 366 g/mol.